The third kappa shape index (κ3) is 4.13. The normalized spacial score (nSPS) is 23.2. The molecule has 2 saturated carbocycles. The first-order chi connectivity index (χ1) is 16.7. The van der Waals surface area contributed by atoms with E-state index in [-0.39, 0.29) is 23.7 Å². The summed E-state index contributed by atoms with van der Waals surface area (Å²) in [6.07, 6.45) is -0.0683. The summed E-state index contributed by atoms with van der Waals surface area (Å²) in [4.78, 5) is 34.2. The zero-order chi connectivity index (χ0) is 24.4. The van der Waals surface area contributed by atoms with Crippen LogP contribution >= 0.6 is 0 Å². The van der Waals surface area contributed by atoms with Crippen molar-refractivity contribution in [2.75, 3.05) is 19.6 Å². The molecule has 0 aromatic heterocycles. The fraction of sp³-hybridized carbons (Fsp3) is 0.444. The van der Waals surface area contributed by atoms with E-state index < -0.39 is 17.3 Å². The van der Waals surface area contributed by atoms with Gasteiger partial charge in [-0.15, -0.1) is 0 Å². The van der Waals surface area contributed by atoms with Gasteiger partial charge in [0.05, 0.1) is 5.56 Å². The monoisotopic (exact) mass is 481 g/mol. The highest BCUT2D eigenvalue weighted by Crippen LogP contribution is 2.46. The van der Waals surface area contributed by atoms with Crippen molar-refractivity contribution in [1.29, 1.82) is 0 Å². The molecule has 3 fully saturated rings. The number of rotatable bonds is 5. The van der Waals surface area contributed by atoms with Crippen molar-refractivity contribution in [3.63, 3.8) is 0 Å². The fourth-order valence-electron chi connectivity index (χ4n) is 5.21. The molecule has 0 bridgehead atoms. The largest absolute Gasteiger partial charge is 0.416 e. The molecular formula is C27H26F3N3O2. The van der Waals surface area contributed by atoms with E-state index in [0.29, 0.717) is 30.1 Å². The molecule has 2 aliphatic carbocycles. The highest BCUT2D eigenvalue weighted by Gasteiger charge is 2.57. The molecular weight excluding hydrogens is 455 g/mol. The van der Waals surface area contributed by atoms with Gasteiger partial charge in [0.15, 0.2) is 0 Å². The molecule has 6 rings (SSSR count). The quantitative estimate of drug-likeness (QED) is 0.619. The topological polar surface area (TPSA) is 53.0 Å². The fourth-order valence-corrected chi connectivity index (χ4v) is 5.21. The van der Waals surface area contributed by atoms with Gasteiger partial charge >= 0.3 is 6.18 Å². The Balaban J connectivity index is 1.21. The molecule has 2 amide bonds. The van der Waals surface area contributed by atoms with Gasteiger partial charge in [0.1, 0.15) is 11.4 Å². The number of carbonyl (C=O) groups is 2. The Labute approximate surface area is 201 Å². The number of nitrogens with zero attached hydrogens (tertiary/aromatic N) is 3. The Morgan fingerprint density at radius 1 is 1.00 bits per heavy atom. The molecule has 35 heavy (non-hydrogen) atoms. The van der Waals surface area contributed by atoms with Crippen LogP contribution in [0.4, 0.5) is 13.2 Å². The number of likely N-dealkylation sites (tertiary alicyclic amines) is 1. The van der Waals surface area contributed by atoms with Crippen LogP contribution in [-0.4, -0.2) is 52.6 Å². The lowest BCUT2D eigenvalue weighted by molar-refractivity contribution is -0.137. The Morgan fingerprint density at radius 2 is 1.71 bits per heavy atom. The van der Waals surface area contributed by atoms with Crippen LogP contribution in [-0.2, 0) is 15.8 Å². The summed E-state index contributed by atoms with van der Waals surface area (Å²) in [7, 11) is 0. The molecule has 182 valence electrons. The van der Waals surface area contributed by atoms with Crippen LogP contribution in [0, 0.1) is 11.8 Å². The minimum atomic E-state index is -4.40. The van der Waals surface area contributed by atoms with Crippen LogP contribution in [0.3, 0.4) is 0 Å². The van der Waals surface area contributed by atoms with Crippen LogP contribution in [0.2, 0.25) is 0 Å². The highest BCUT2D eigenvalue weighted by molar-refractivity contribution is 6.16. The lowest BCUT2D eigenvalue weighted by atomic mass is 10.0. The minimum Gasteiger partial charge on any atom is -0.342 e. The lowest BCUT2D eigenvalue weighted by Gasteiger charge is -2.23. The molecule has 8 heteroatoms. The molecule has 0 unspecified atom stereocenters. The third-order valence-corrected chi connectivity index (χ3v) is 7.57. The van der Waals surface area contributed by atoms with Crippen LogP contribution in [0.15, 0.2) is 53.5 Å². The number of amides is 2. The van der Waals surface area contributed by atoms with Gasteiger partial charge in [0.25, 0.3) is 5.91 Å². The predicted octanol–water partition coefficient (Wildman–Crippen LogP) is 4.75. The zero-order valence-corrected chi connectivity index (χ0v) is 19.2. The van der Waals surface area contributed by atoms with Gasteiger partial charge in [-0.3, -0.25) is 19.5 Å². The smallest absolute Gasteiger partial charge is 0.342 e. The maximum Gasteiger partial charge on any atom is 0.416 e. The van der Waals surface area contributed by atoms with E-state index in [1.54, 1.807) is 23.1 Å². The minimum absolute atomic E-state index is 0.0291. The Kier molecular flexibility index (Phi) is 5.06. The summed E-state index contributed by atoms with van der Waals surface area (Å²) >= 11 is 0. The molecule has 2 aromatic carbocycles. The van der Waals surface area contributed by atoms with Crippen molar-refractivity contribution in [3.05, 3.63) is 59.7 Å². The van der Waals surface area contributed by atoms with Crippen molar-refractivity contribution < 1.29 is 22.8 Å². The van der Waals surface area contributed by atoms with Crippen molar-refractivity contribution in [3.8, 4) is 11.1 Å². The number of carbonyl (C=O) groups excluding carboxylic acids is 2. The van der Waals surface area contributed by atoms with Crippen LogP contribution in [0.1, 0.15) is 43.2 Å². The van der Waals surface area contributed by atoms with Gasteiger partial charge in [-0.25, -0.2) is 0 Å². The summed E-state index contributed by atoms with van der Waals surface area (Å²) in [5.41, 5.74) is 0.608. The molecule has 2 aromatic rings. The summed E-state index contributed by atoms with van der Waals surface area (Å²) in [6, 6.07) is 12.5. The first-order valence-corrected chi connectivity index (χ1v) is 12.2. The summed E-state index contributed by atoms with van der Waals surface area (Å²) in [5.74, 6) is 1.32. The third-order valence-electron chi connectivity index (χ3n) is 7.57. The molecule has 1 atom stereocenters. The SMILES string of the molecule is O=C(C1CC1)N1CC[C@@H](CN2C(=O)C3(CC3)N=C2c2ccc(-c3cccc(C(F)(F)F)c3)cc2)C1. The van der Waals surface area contributed by atoms with E-state index >= 15 is 0 Å². The molecule has 1 saturated heterocycles. The van der Waals surface area contributed by atoms with Gasteiger partial charge < -0.3 is 4.90 Å². The van der Waals surface area contributed by atoms with E-state index in [1.165, 1.54) is 6.07 Å². The number of aliphatic imine (C=N–C) groups is 1. The van der Waals surface area contributed by atoms with Gasteiger partial charge in [0.2, 0.25) is 5.91 Å². The van der Waals surface area contributed by atoms with Gasteiger partial charge in [-0.1, -0.05) is 36.4 Å². The molecule has 2 heterocycles. The predicted molar refractivity (Wildman–Crippen MR) is 125 cm³/mol. The zero-order valence-electron chi connectivity index (χ0n) is 19.2. The van der Waals surface area contributed by atoms with Gasteiger partial charge in [-0.2, -0.15) is 13.2 Å². The molecule has 2 aliphatic heterocycles. The Morgan fingerprint density at radius 3 is 2.37 bits per heavy atom. The van der Waals surface area contributed by atoms with E-state index in [4.69, 9.17) is 4.99 Å². The number of alkyl halides is 3. The molecule has 5 nitrogen and oxygen atoms in total. The van der Waals surface area contributed by atoms with Crippen LogP contribution in [0.25, 0.3) is 11.1 Å². The number of hydrogen-bond donors (Lipinski definition) is 0. The number of hydrogen-bond acceptors (Lipinski definition) is 3. The van der Waals surface area contributed by atoms with Crippen LogP contribution < -0.4 is 0 Å². The summed E-state index contributed by atoms with van der Waals surface area (Å²) < 4.78 is 39.3. The van der Waals surface area contributed by atoms with Gasteiger partial charge in [0, 0.05) is 31.1 Å². The van der Waals surface area contributed by atoms with E-state index in [9.17, 15) is 22.8 Å². The maximum absolute atomic E-state index is 13.2. The number of halogens is 3. The van der Waals surface area contributed by atoms with E-state index in [2.05, 4.69) is 0 Å². The van der Waals surface area contributed by atoms with E-state index in [1.807, 2.05) is 17.0 Å². The second-order valence-electron chi connectivity index (χ2n) is 10.3. The Hall–Kier alpha value is -3.16. The van der Waals surface area contributed by atoms with Crippen molar-refractivity contribution in [1.82, 2.24) is 9.80 Å². The molecule has 0 N–H and O–H groups in total. The van der Waals surface area contributed by atoms with Crippen molar-refractivity contribution in [2.24, 2.45) is 16.8 Å². The molecule has 4 aliphatic rings. The van der Waals surface area contributed by atoms with Gasteiger partial charge in [-0.05, 0) is 61.3 Å². The second kappa shape index (κ2) is 7.93. The Bertz CT molecular complexity index is 1210. The van der Waals surface area contributed by atoms with Crippen molar-refractivity contribution in [2.45, 2.75) is 43.8 Å². The summed E-state index contributed by atoms with van der Waals surface area (Å²) in [5, 5.41) is 0. The van der Waals surface area contributed by atoms with Crippen LogP contribution in [0.5, 0.6) is 0 Å². The average Bonchev–Trinajstić information content (AvgIpc) is 3.77. The second-order valence-corrected chi connectivity index (χ2v) is 10.3. The lowest BCUT2D eigenvalue weighted by Crippen LogP contribution is -2.40. The maximum atomic E-state index is 13.2. The standard InChI is InChI=1S/C27H26F3N3O2/c28-27(29,30)22-3-1-2-21(14-22)18-4-6-19(7-5-18)23-31-26(11-12-26)25(35)33(23)16-17-10-13-32(15-17)24(34)20-8-9-20/h1-7,14,17,20H,8-13,15-16H2/t17-/m1/s1. The van der Waals surface area contributed by atoms with E-state index in [0.717, 1.165) is 56.3 Å². The molecule has 0 radical (unpaired) electrons. The van der Waals surface area contributed by atoms with Crippen molar-refractivity contribution >= 4 is 17.6 Å². The number of amidine groups is 1. The summed E-state index contributed by atoms with van der Waals surface area (Å²) in [6.45, 7) is 1.95. The highest BCUT2D eigenvalue weighted by atomic mass is 19.4. The first-order valence-electron chi connectivity index (χ1n) is 12.2. The molecule has 1 spiro atoms. The number of benzene rings is 2. The average molecular weight is 482 g/mol. The first kappa shape index (κ1) is 22.3.